The molecule has 2 N–H and O–H groups in total. The first-order chi connectivity index (χ1) is 7.77. The fraction of sp³-hybridized carbons (Fsp3) is 0.538. The summed E-state index contributed by atoms with van der Waals surface area (Å²) in [4.78, 5) is 0. The lowest BCUT2D eigenvalue weighted by Gasteiger charge is -2.32. The van der Waals surface area contributed by atoms with Crippen molar-refractivity contribution in [2.24, 2.45) is 5.73 Å². The Balaban J connectivity index is 1.94. The van der Waals surface area contributed by atoms with Gasteiger partial charge in [-0.2, -0.15) is 23.5 Å². The van der Waals surface area contributed by atoms with E-state index in [1.54, 1.807) is 0 Å². The topological polar surface area (TPSA) is 26.0 Å². The Morgan fingerprint density at radius 1 is 1.25 bits per heavy atom. The molecule has 3 heteroatoms. The number of rotatable bonds is 3. The van der Waals surface area contributed by atoms with Gasteiger partial charge in [0.1, 0.15) is 0 Å². The number of hydrogen-bond donors (Lipinski definition) is 1. The first-order valence-electron chi connectivity index (χ1n) is 5.80. The Morgan fingerprint density at radius 3 is 2.62 bits per heavy atom. The fourth-order valence-corrected chi connectivity index (χ4v) is 5.01. The maximum absolute atomic E-state index is 6.34. The van der Waals surface area contributed by atoms with Crippen LogP contribution in [0, 0.1) is 0 Å². The molecule has 2 rings (SSSR count). The minimum atomic E-state index is 0.287. The predicted octanol–water partition coefficient (Wildman–Crippen LogP) is 2.79. The quantitative estimate of drug-likeness (QED) is 0.897. The maximum atomic E-state index is 6.34. The molecule has 0 bridgehead atoms. The summed E-state index contributed by atoms with van der Waals surface area (Å²) in [5.74, 6) is 2.53. The highest BCUT2D eigenvalue weighted by Crippen LogP contribution is 2.33. The molecule has 0 amide bonds. The molecule has 1 aromatic rings. The van der Waals surface area contributed by atoms with Gasteiger partial charge in [0, 0.05) is 28.0 Å². The van der Waals surface area contributed by atoms with Crippen LogP contribution in [0.25, 0.3) is 0 Å². The average molecular weight is 253 g/mol. The van der Waals surface area contributed by atoms with Crippen molar-refractivity contribution in [1.82, 2.24) is 0 Å². The summed E-state index contributed by atoms with van der Waals surface area (Å²) in [5.41, 5.74) is 7.70. The highest BCUT2D eigenvalue weighted by Gasteiger charge is 2.27. The Labute approximate surface area is 107 Å². The molecule has 0 aromatic heterocycles. The van der Waals surface area contributed by atoms with Crippen LogP contribution in [-0.4, -0.2) is 28.0 Å². The summed E-state index contributed by atoms with van der Waals surface area (Å²) in [6, 6.07) is 10.9. The third kappa shape index (κ3) is 3.19. The van der Waals surface area contributed by atoms with E-state index in [1.807, 2.05) is 0 Å². The molecule has 1 aliphatic heterocycles. The van der Waals surface area contributed by atoms with Crippen molar-refractivity contribution < 1.29 is 0 Å². The lowest BCUT2D eigenvalue weighted by Crippen LogP contribution is -2.42. The molecule has 0 spiro atoms. The lowest BCUT2D eigenvalue weighted by atomic mass is 10.0. The monoisotopic (exact) mass is 253 g/mol. The van der Waals surface area contributed by atoms with E-state index in [2.05, 4.69) is 60.8 Å². The van der Waals surface area contributed by atoms with E-state index in [9.17, 15) is 0 Å². The summed E-state index contributed by atoms with van der Waals surface area (Å²) in [5, 5.41) is 1.30. The predicted molar refractivity (Wildman–Crippen MR) is 76.3 cm³/mol. The van der Waals surface area contributed by atoms with Crippen LogP contribution in [0.1, 0.15) is 12.5 Å². The third-order valence-corrected chi connectivity index (χ3v) is 6.25. The van der Waals surface area contributed by atoms with Crippen LogP contribution in [0.2, 0.25) is 0 Å². The van der Waals surface area contributed by atoms with Gasteiger partial charge in [0.25, 0.3) is 0 Å². The number of nitrogens with two attached hydrogens (primary N) is 1. The van der Waals surface area contributed by atoms with Crippen LogP contribution in [0.4, 0.5) is 0 Å². The molecule has 1 saturated heterocycles. The van der Waals surface area contributed by atoms with E-state index in [0.29, 0.717) is 10.5 Å². The first-order valence-corrected chi connectivity index (χ1v) is 7.90. The zero-order valence-electron chi connectivity index (χ0n) is 9.63. The van der Waals surface area contributed by atoms with E-state index < -0.39 is 0 Å². The molecule has 1 aromatic carbocycles. The van der Waals surface area contributed by atoms with Crippen LogP contribution in [0.5, 0.6) is 0 Å². The zero-order valence-corrected chi connectivity index (χ0v) is 11.3. The second-order valence-corrected chi connectivity index (χ2v) is 7.04. The van der Waals surface area contributed by atoms with Gasteiger partial charge in [-0.3, -0.25) is 0 Å². The number of benzene rings is 1. The summed E-state index contributed by atoms with van der Waals surface area (Å²) >= 11 is 4.12. The van der Waals surface area contributed by atoms with Crippen LogP contribution < -0.4 is 5.73 Å². The van der Waals surface area contributed by atoms with Gasteiger partial charge in [-0.25, -0.2) is 0 Å². The van der Waals surface area contributed by atoms with E-state index in [0.717, 1.165) is 6.42 Å². The van der Waals surface area contributed by atoms with E-state index in [1.165, 1.54) is 17.1 Å². The molecule has 1 aliphatic rings. The molecular formula is C13H19NS2. The van der Waals surface area contributed by atoms with E-state index in [-0.39, 0.29) is 6.04 Å². The Hall–Kier alpha value is -0.120. The lowest BCUT2D eigenvalue weighted by molar-refractivity contribution is 0.622. The van der Waals surface area contributed by atoms with E-state index >= 15 is 0 Å². The van der Waals surface area contributed by atoms with Crippen molar-refractivity contribution in [2.75, 3.05) is 11.5 Å². The van der Waals surface area contributed by atoms with Crippen LogP contribution in [-0.2, 0) is 6.42 Å². The standard InChI is InChI=1S/C13H19NS2/c1-10-13(16-8-7-15-10)12(14)9-11-5-3-2-4-6-11/h2-6,10,12-13H,7-9,14H2,1H3. The molecular weight excluding hydrogens is 234 g/mol. The normalized spacial score (nSPS) is 27.6. The second kappa shape index (κ2) is 5.99. The average Bonchev–Trinajstić information content (AvgIpc) is 2.31. The van der Waals surface area contributed by atoms with E-state index in [4.69, 9.17) is 5.73 Å². The molecule has 1 heterocycles. The van der Waals surface area contributed by atoms with Gasteiger partial charge < -0.3 is 5.73 Å². The number of hydrogen-bond acceptors (Lipinski definition) is 3. The van der Waals surface area contributed by atoms with Crippen molar-refractivity contribution in [3.05, 3.63) is 35.9 Å². The summed E-state index contributed by atoms with van der Waals surface area (Å²) in [6.07, 6.45) is 1.00. The molecule has 3 unspecified atom stereocenters. The van der Waals surface area contributed by atoms with Gasteiger partial charge in [0.2, 0.25) is 0 Å². The van der Waals surface area contributed by atoms with Gasteiger partial charge in [0.15, 0.2) is 0 Å². The largest absolute Gasteiger partial charge is 0.326 e. The molecule has 1 fully saturated rings. The fourth-order valence-electron chi connectivity index (χ4n) is 2.12. The van der Waals surface area contributed by atoms with Crippen molar-refractivity contribution in [1.29, 1.82) is 0 Å². The zero-order chi connectivity index (χ0) is 11.4. The Bertz CT molecular complexity index is 315. The van der Waals surface area contributed by atoms with Gasteiger partial charge in [-0.05, 0) is 12.0 Å². The van der Waals surface area contributed by atoms with Crippen LogP contribution in [0.15, 0.2) is 30.3 Å². The third-order valence-electron chi connectivity index (χ3n) is 2.97. The highest BCUT2D eigenvalue weighted by molar-refractivity contribution is 8.07. The van der Waals surface area contributed by atoms with Gasteiger partial charge >= 0.3 is 0 Å². The minimum Gasteiger partial charge on any atom is -0.326 e. The molecule has 3 atom stereocenters. The van der Waals surface area contributed by atoms with Crippen LogP contribution >= 0.6 is 23.5 Å². The number of thioether (sulfide) groups is 2. The SMILES string of the molecule is CC1SCCSC1C(N)Cc1ccccc1. The van der Waals surface area contributed by atoms with Crippen LogP contribution in [0.3, 0.4) is 0 Å². The van der Waals surface area contributed by atoms with Crippen molar-refractivity contribution in [3.63, 3.8) is 0 Å². The minimum absolute atomic E-state index is 0.287. The van der Waals surface area contributed by atoms with Gasteiger partial charge in [0.05, 0.1) is 0 Å². The van der Waals surface area contributed by atoms with Crippen molar-refractivity contribution >= 4 is 23.5 Å². The molecule has 0 radical (unpaired) electrons. The smallest absolute Gasteiger partial charge is 0.0318 e. The van der Waals surface area contributed by atoms with Gasteiger partial charge in [-0.1, -0.05) is 37.3 Å². The summed E-state index contributed by atoms with van der Waals surface area (Å²) in [6.45, 7) is 2.31. The van der Waals surface area contributed by atoms with Gasteiger partial charge in [-0.15, -0.1) is 0 Å². The molecule has 88 valence electrons. The summed E-state index contributed by atoms with van der Waals surface area (Å²) < 4.78 is 0. The molecule has 16 heavy (non-hydrogen) atoms. The molecule has 0 saturated carbocycles. The van der Waals surface area contributed by atoms with Crippen molar-refractivity contribution in [3.8, 4) is 0 Å². The first kappa shape index (κ1) is 12.3. The summed E-state index contributed by atoms with van der Waals surface area (Å²) in [7, 11) is 0. The molecule has 0 aliphatic carbocycles. The Kier molecular flexibility index (Phi) is 4.62. The highest BCUT2D eigenvalue weighted by atomic mass is 32.2. The second-order valence-electron chi connectivity index (χ2n) is 4.26. The Morgan fingerprint density at radius 2 is 1.94 bits per heavy atom. The molecule has 1 nitrogen and oxygen atoms in total. The van der Waals surface area contributed by atoms with Crippen molar-refractivity contribution in [2.45, 2.75) is 29.9 Å². The maximum Gasteiger partial charge on any atom is 0.0318 e.